The number of rotatable bonds is 4. The molecule has 0 atom stereocenters. The molecular formula is C21H18IN2P. The van der Waals surface area contributed by atoms with Gasteiger partial charge in [-0.25, -0.2) is 0 Å². The number of halogens is 1. The Hall–Kier alpha value is -1.97. The Bertz CT molecular complexity index is 855. The molecule has 0 amide bonds. The summed E-state index contributed by atoms with van der Waals surface area (Å²) >= 11 is 2.71. The van der Waals surface area contributed by atoms with Gasteiger partial charge in [-0.1, -0.05) is 0 Å². The topological polar surface area (TPSA) is 28.7 Å². The fourth-order valence-electron chi connectivity index (χ4n) is 3.42. The van der Waals surface area contributed by atoms with Crippen molar-refractivity contribution in [2.24, 2.45) is 0 Å². The molecule has 1 heterocycles. The van der Waals surface area contributed by atoms with Gasteiger partial charge in [0.1, 0.15) is 0 Å². The number of hydrogen-bond donors (Lipinski definition) is 1. The molecular weight excluding hydrogens is 438 g/mol. The van der Waals surface area contributed by atoms with E-state index in [-0.39, 0.29) is 0 Å². The monoisotopic (exact) mass is 456 g/mol. The van der Waals surface area contributed by atoms with E-state index in [4.69, 9.17) is 4.98 Å². The Morgan fingerprint density at radius 2 is 1.04 bits per heavy atom. The van der Waals surface area contributed by atoms with E-state index in [1.165, 1.54) is 15.9 Å². The molecule has 0 unspecified atom stereocenters. The molecule has 0 fully saturated rings. The van der Waals surface area contributed by atoms with Crippen LogP contribution in [0.2, 0.25) is 0 Å². The predicted molar refractivity (Wildman–Crippen MR) is 117 cm³/mol. The Kier molecular flexibility index (Phi) is 4.22. The normalized spacial score (nSPS) is 13.1. The molecule has 0 radical (unpaired) electrons. The number of hydrogen-bond acceptors (Lipinski definition) is 1. The van der Waals surface area contributed by atoms with Gasteiger partial charge in [-0.2, -0.15) is 0 Å². The van der Waals surface area contributed by atoms with Gasteiger partial charge in [-0.05, 0) is 0 Å². The van der Waals surface area contributed by atoms with Gasteiger partial charge in [0.2, 0.25) is 0 Å². The third-order valence-electron chi connectivity index (χ3n) is 4.60. The summed E-state index contributed by atoms with van der Waals surface area (Å²) in [7, 11) is 0. The molecule has 25 heavy (non-hydrogen) atoms. The second-order valence-corrected chi connectivity index (χ2v) is 15.7. The van der Waals surface area contributed by atoms with Gasteiger partial charge in [0.15, 0.2) is 0 Å². The van der Waals surface area contributed by atoms with E-state index in [0.29, 0.717) is 0 Å². The molecule has 2 nitrogen and oxygen atoms in total. The first kappa shape index (κ1) is 16.5. The summed E-state index contributed by atoms with van der Waals surface area (Å²) in [5.41, 5.74) is 1.02. The van der Waals surface area contributed by atoms with Crippen LogP contribution in [0.25, 0.3) is 0 Å². The Balaban J connectivity index is 2.22. The molecule has 3 aromatic carbocycles. The molecule has 0 saturated heterocycles. The SMILES string of the molecule is IP(c1ccccc1)(c1ccccc1)(c1ccccc1)c1ncc[nH]1. The second kappa shape index (κ2) is 6.40. The summed E-state index contributed by atoms with van der Waals surface area (Å²) in [6.07, 6.45) is 3.77. The van der Waals surface area contributed by atoms with Crippen LogP contribution in [-0.2, 0) is 0 Å². The van der Waals surface area contributed by atoms with Crippen molar-refractivity contribution in [1.29, 1.82) is 0 Å². The van der Waals surface area contributed by atoms with Crippen LogP contribution in [0.5, 0.6) is 0 Å². The predicted octanol–water partition coefficient (Wildman–Crippen LogP) is 3.91. The van der Waals surface area contributed by atoms with Crippen molar-refractivity contribution in [3.05, 3.63) is 103 Å². The van der Waals surface area contributed by atoms with Crippen molar-refractivity contribution in [2.75, 3.05) is 0 Å². The van der Waals surface area contributed by atoms with E-state index in [1.807, 2.05) is 12.4 Å². The van der Waals surface area contributed by atoms with Gasteiger partial charge >= 0.3 is 161 Å². The molecule has 1 N–H and O–H groups in total. The summed E-state index contributed by atoms with van der Waals surface area (Å²) in [5, 5.41) is 3.88. The van der Waals surface area contributed by atoms with E-state index in [0.717, 1.165) is 5.57 Å². The van der Waals surface area contributed by atoms with Crippen molar-refractivity contribution in [3.63, 3.8) is 0 Å². The molecule has 4 heteroatoms. The molecule has 4 aromatic rings. The molecule has 0 saturated carbocycles. The molecule has 0 spiro atoms. The fourth-order valence-corrected chi connectivity index (χ4v) is 11.5. The maximum absolute atomic E-state index is 4.78. The number of nitrogens with zero attached hydrogens (tertiary/aromatic N) is 1. The third-order valence-corrected chi connectivity index (χ3v) is 15.8. The molecule has 0 bridgehead atoms. The quantitative estimate of drug-likeness (QED) is 0.366. The van der Waals surface area contributed by atoms with E-state index in [2.05, 4.69) is 118 Å². The van der Waals surface area contributed by atoms with Crippen molar-refractivity contribution in [2.45, 2.75) is 0 Å². The van der Waals surface area contributed by atoms with Crippen molar-refractivity contribution in [1.82, 2.24) is 9.97 Å². The first-order chi connectivity index (χ1) is 12.2. The maximum atomic E-state index is 4.78. The zero-order valence-corrected chi connectivity index (χ0v) is 16.6. The Labute approximate surface area is 160 Å². The molecule has 4 rings (SSSR count). The minimum absolute atomic E-state index is 1.02. The van der Waals surface area contributed by atoms with Gasteiger partial charge in [-0.3, -0.25) is 0 Å². The Morgan fingerprint density at radius 1 is 0.640 bits per heavy atom. The summed E-state index contributed by atoms with van der Waals surface area (Å²) < 4.78 is -2.96. The Morgan fingerprint density at radius 3 is 1.36 bits per heavy atom. The summed E-state index contributed by atoms with van der Waals surface area (Å²) in [6.45, 7) is 0. The number of imidazole rings is 1. The van der Waals surface area contributed by atoms with Crippen LogP contribution >= 0.6 is 26.3 Å². The summed E-state index contributed by atoms with van der Waals surface area (Å²) in [6, 6.07) is 32.3. The van der Waals surface area contributed by atoms with Crippen LogP contribution < -0.4 is 21.5 Å². The van der Waals surface area contributed by atoms with Crippen molar-refractivity contribution >= 4 is 47.8 Å². The van der Waals surface area contributed by atoms with E-state index < -0.39 is 4.25 Å². The zero-order chi connectivity index (χ0) is 17.2. The fraction of sp³-hybridized carbons (Fsp3) is 0. The van der Waals surface area contributed by atoms with Crippen LogP contribution in [-0.4, -0.2) is 9.97 Å². The van der Waals surface area contributed by atoms with Crippen LogP contribution in [0, 0.1) is 0 Å². The molecule has 0 aliphatic heterocycles. The average molecular weight is 456 g/mol. The molecule has 0 aliphatic rings. The standard InChI is InChI=1S/C21H18IN2P/c22-25(21-23-16-17-24-21,18-10-4-1-5-11-18,19-12-6-2-7-13-19)20-14-8-3-9-15-20/h1-17H,(H,23,24). The van der Waals surface area contributed by atoms with Gasteiger partial charge < -0.3 is 0 Å². The van der Waals surface area contributed by atoms with Gasteiger partial charge in [0, 0.05) is 0 Å². The first-order valence-corrected chi connectivity index (χ1v) is 13.2. The van der Waals surface area contributed by atoms with Crippen LogP contribution in [0.3, 0.4) is 0 Å². The number of benzene rings is 3. The zero-order valence-electron chi connectivity index (χ0n) is 13.6. The number of aromatic amines is 1. The minimum atomic E-state index is -2.96. The second-order valence-electron chi connectivity index (χ2n) is 5.93. The van der Waals surface area contributed by atoms with Crippen LogP contribution in [0.4, 0.5) is 0 Å². The number of aromatic nitrogens is 2. The van der Waals surface area contributed by atoms with Gasteiger partial charge in [0.05, 0.1) is 0 Å². The number of nitrogens with one attached hydrogen (secondary N) is 1. The molecule has 124 valence electrons. The van der Waals surface area contributed by atoms with E-state index in [9.17, 15) is 0 Å². The third kappa shape index (κ3) is 2.37. The average Bonchev–Trinajstić information content (AvgIpc) is 3.25. The molecule has 0 aliphatic carbocycles. The first-order valence-electron chi connectivity index (χ1n) is 8.15. The summed E-state index contributed by atoms with van der Waals surface area (Å²) in [4.78, 5) is 8.24. The van der Waals surface area contributed by atoms with Crippen LogP contribution in [0.1, 0.15) is 0 Å². The van der Waals surface area contributed by atoms with Crippen LogP contribution in [0.15, 0.2) is 103 Å². The molecule has 1 aromatic heterocycles. The van der Waals surface area contributed by atoms with E-state index in [1.54, 1.807) is 0 Å². The van der Waals surface area contributed by atoms with Gasteiger partial charge in [-0.15, -0.1) is 0 Å². The summed E-state index contributed by atoms with van der Waals surface area (Å²) in [5.74, 6) is 0. The van der Waals surface area contributed by atoms with Crippen molar-refractivity contribution in [3.8, 4) is 0 Å². The number of H-pyrrole nitrogens is 1. The van der Waals surface area contributed by atoms with Crippen molar-refractivity contribution < 1.29 is 0 Å². The van der Waals surface area contributed by atoms with E-state index >= 15 is 0 Å². The van der Waals surface area contributed by atoms with Gasteiger partial charge in [0.25, 0.3) is 0 Å².